The quantitative estimate of drug-likeness (QED) is 0.133. The number of rotatable bonds is 10. The number of nitrogens with zero attached hydrogens (tertiary/aromatic N) is 2. The van der Waals surface area contributed by atoms with Crippen molar-refractivity contribution in [3.05, 3.63) is 63.7 Å². The van der Waals surface area contributed by atoms with E-state index in [1.807, 2.05) is 0 Å². The van der Waals surface area contributed by atoms with E-state index in [0.717, 1.165) is 11.1 Å². The lowest BCUT2D eigenvalue weighted by molar-refractivity contribution is -0.525. The number of hydrogen-bond donors (Lipinski definition) is 4. The van der Waals surface area contributed by atoms with Gasteiger partial charge in [-0.2, -0.15) is 4.72 Å². The Morgan fingerprint density at radius 1 is 1.16 bits per heavy atom. The molecule has 0 unspecified atom stereocenters. The van der Waals surface area contributed by atoms with Crippen molar-refractivity contribution in [3.63, 3.8) is 0 Å². The zero-order valence-electron chi connectivity index (χ0n) is 16.1. The van der Waals surface area contributed by atoms with Crippen LogP contribution in [0.5, 0.6) is 0 Å². The first kappa shape index (κ1) is 24.1. The molecule has 0 radical (unpaired) electrons. The normalized spacial score (nSPS) is 12.9. The van der Waals surface area contributed by atoms with Crippen LogP contribution in [0.25, 0.3) is 11.1 Å². The molecule has 0 heterocycles. The zero-order valence-corrected chi connectivity index (χ0v) is 17.6. The largest absolute Gasteiger partial charge is 0.480 e. The molecule has 0 aromatic heterocycles. The fraction of sp³-hybridized carbons (Fsp3) is 0.222. The summed E-state index contributed by atoms with van der Waals surface area (Å²) in [6.45, 7) is -0.0199. The van der Waals surface area contributed by atoms with Gasteiger partial charge in [-0.1, -0.05) is 41.3 Å². The molecule has 31 heavy (non-hydrogen) atoms. The highest BCUT2D eigenvalue weighted by Crippen LogP contribution is 2.23. The van der Waals surface area contributed by atoms with Gasteiger partial charge in [-0.15, -0.1) is 0 Å². The van der Waals surface area contributed by atoms with Crippen molar-refractivity contribution in [2.24, 2.45) is 10.7 Å². The van der Waals surface area contributed by atoms with Gasteiger partial charge in [0.05, 0.1) is 4.90 Å². The summed E-state index contributed by atoms with van der Waals surface area (Å²) < 4.78 is 27.3. The van der Waals surface area contributed by atoms with E-state index in [0.29, 0.717) is 5.02 Å². The molecule has 0 saturated heterocycles. The number of carboxylic acids is 1. The Balaban J connectivity index is 2.03. The van der Waals surface area contributed by atoms with Crippen LogP contribution >= 0.6 is 11.6 Å². The first-order valence-corrected chi connectivity index (χ1v) is 10.8. The molecular weight excluding hydrogens is 450 g/mol. The summed E-state index contributed by atoms with van der Waals surface area (Å²) in [5, 5.41) is 19.2. The van der Waals surface area contributed by atoms with Crippen molar-refractivity contribution < 1.29 is 23.4 Å². The lowest BCUT2D eigenvalue weighted by atomic mass is 10.1. The van der Waals surface area contributed by atoms with Crippen LogP contribution < -0.4 is 15.9 Å². The van der Waals surface area contributed by atoms with Crippen molar-refractivity contribution in [1.29, 1.82) is 0 Å². The second-order valence-electron chi connectivity index (χ2n) is 6.32. The van der Waals surface area contributed by atoms with E-state index in [-0.39, 0.29) is 24.3 Å². The molecular formula is C18H20ClN5O6S. The Bertz CT molecular complexity index is 1060. The van der Waals surface area contributed by atoms with Gasteiger partial charge in [-0.3, -0.25) is 4.79 Å². The molecule has 0 aliphatic carbocycles. The van der Waals surface area contributed by atoms with Crippen LogP contribution in [0.1, 0.15) is 12.8 Å². The minimum absolute atomic E-state index is 0.0199. The molecule has 2 aromatic carbocycles. The van der Waals surface area contributed by atoms with Crippen molar-refractivity contribution >= 4 is 33.6 Å². The number of nitrogens with two attached hydrogens (primary N) is 1. The molecule has 13 heteroatoms. The van der Waals surface area contributed by atoms with Crippen molar-refractivity contribution in [1.82, 2.24) is 10.1 Å². The Hall–Kier alpha value is -3.22. The van der Waals surface area contributed by atoms with Gasteiger partial charge in [0, 0.05) is 11.6 Å². The van der Waals surface area contributed by atoms with Gasteiger partial charge < -0.3 is 10.8 Å². The van der Waals surface area contributed by atoms with Gasteiger partial charge in [0.2, 0.25) is 10.0 Å². The summed E-state index contributed by atoms with van der Waals surface area (Å²) in [4.78, 5) is 25.2. The molecule has 11 nitrogen and oxygen atoms in total. The smallest absolute Gasteiger partial charge is 0.321 e. The molecule has 0 aliphatic rings. The van der Waals surface area contributed by atoms with E-state index in [1.54, 1.807) is 41.8 Å². The maximum atomic E-state index is 12.6. The molecule has 5 N–H and O–H groups in total. The SMILES string of the molecule is NC(=NCCC[C@H](NS(=O)(=O)c1ccc(-c2ccc(Cl)cc2)cc1)C(=O)O)N[N+](=O)[O-]. The van der Waals surface area contributed by atoms with E-state index in [2.05, 4.69) is 9.71 Å². The third-order valence-electron chi connectivity index (χ3n) is 4.08. The number of hydrogen-bond acceptors (Lipinski definition) is 6. The number of aliphatic carboxylic acids is 1. The van der Waals surface area contributed by atoms with Crippen LogP contribution in [-0.4, -0.2) is 43.1 Å². The second-order valence-corrected chi connectivity index (χ2v) is 8.47. The summed E-state index contributed by atoms with van der Waals surface area (Å²) in [7, 11) is -4.09. The number of carbonyl (C=O) groups is 1. The predicted octanol–water partition coefficient (Wildman–Crippen LogP) is 1.61. The number of guanidine groups is 1. The van der Waals surface area contributed by atoms with E-state index >= 15 is 0 Å². The number of nitrogens with one attached hydrogen (secondary N) is 2. The Kier molecular flexibility index (Phi) is 8.30. The van der Waals surface area contributed by atoms with Gasteiger partial charge in [-0.25, -0.2) is 23.5 Å². The van der Waals surface area contributed by atoms with Gasteiger partial charge in [0.1, 0.15) is 6.04 Å². The first-order chi connectivity index (χ1) is 14.6. The third kappa shape index (κ3) is 7.51. The van der Waals surface area contributed by atoms with Crippen LogP contribution in [0, 0.1) is 10.1 Å². The standard InChI is InChI=1S/C18H20ClN5O6S/c19-14-7-3-12(4-8-14)13-5-9-15(10-6-13)31(29,30)23-16(17(25)26)2-1-11-21-18(20)22-24(27)28/h3-10,16,23H,1-2,11H2,(H,25,26)(H3,20,21,22)/t16-/m0/s1. The number of aliphatic imine (C=N–C) groups is 1. The highest BCUT2D eigenvalue weighted by molar-refractivity contribution is 7.89. The zero-order chi connectivity index (χ0) is 23.0. The number of hydrazine groups is 1. The second kappa shape index (κ2) is 10.7. The Labute approximate surface area is 183 Å². The van der Waals surface area contributed by atoms with Gasteiger partial charge in [0.25, 0.3) is 5.96 Å². The number of carboxylic acid groups (broad SMARTS) is 1. The van der Waals surface area contributed by atoms with E-state index in [4.69, 9.17) is 17.3 Å². The lowest BCUT2D eigenvalue weighted by Gasteiger charge is -2.14. The average Bonchev–Trinajstić information content (AvgIpc) is 2.70. The van der Waals surface area contributed by atoms with Gasteiger partial charge in [-0.05, 0) is 48.2 Å². The number of benzene rings is 2. The molecule has 1 atom stereocenters. The first-order valence-electron chi connectivity index (χ1n) is 8.90. The van der Waals surface area contributed by atoms with Crippen LogP contribution in [0.15, 0.2) is 58.4 Å². The summed E-state index contributed by atoms with van der Waals surface area (Å²) in [6.07, 6.45) is 0.0434. The lowest BCUT2D eigenvalue weighted by Crippen LogP contribution is -2.40. The van der Waals surface area contributed by atoms with Crippen LogP contribution in [0.2, 0.25) is 5.02 Å². The molecule has 2 rings (SSSR count). The predicted molar refractivity (Wildman–Crippen MR) is 114 cm³/mol. The molecule has 0 spiro atoms. The minimum Gasteiger partial charge on any atom is -0.480 e. The molecule has 0 saturated carbocycles. The number of sulfonamides is 1. The van der Waals surface area contributed by atoms with Gasteiger partial charge in [0.15, 0.2) is 5.03 Å². The summed E-state index contributed by atoms with van der Waals surface area (Å²) in [5.41, 5.74) is 8.51. The van der Waals surface area contributed by atoms with E-state index in [1.165, 1.54) is 12.1 Å². The fourth-order valence-electron chi connectivity index (χ4n) is 2.58. The van der Waals surface area contributed by atoms with Crippen LogP contribution in [0.4, 0.5) is 0 Å². The molecule has 0 amide bonds. The monoisotopic (exact) mass is 469 g/mol. The van der Waals surface area contributed by atoms with Crippen molar-refractivity contribution in [3.8, 4) is 11.1 Å². The van der Waals surface area contributed by atoms with Crippen molar-refractivity contribution in [2.75, 3.05) is 6.54 Å². The van der Waals surface area contributed by atoms with Gasteiger partial charge >= 0.3 is 5.97 Å². The minimum atomic E-state index is -4.09. The fourth-order valence-corrected chi connectivity index (χ4v) is 3.93. The maximum absolute atomic E-state index is 12.6. The third-order valence-corrected chi connectivity index (χ3v) is 5.82. The highest BCUT2D eigenvalue weighted by Gasteiger charge is 2.25. The Morgan fingerprint density at radius 3 is 2.23 bits per heavy atom. The molecule has 0 fully saturated rings. The summed E-state index contributed by atoms with van der Waals surface area (Å²) in [5.74, 6) is -1.79. The maximum Gasteiger partial charge on any atom is 0.321 e. The number of halogens is 1. The summed E-state index contributed by atoms with van der Waals surface area (Å²) in [6, 6.07) is 11.6. The topological polar surface area (TPSA) is 177 Å². The molecule has 166 valence electrons. The average molecular weight is 470 g/mol. The van der Waals surface area contributed by atoms with E-state index in [9.17, 15) is 28.4 Å². The molecule has 2 aromatic rings. The Morgan fingerprint density at radius 2 is 1.71 bits per heavy atom. The number of nitro groups is 1. The van der Waals surface area contributed by atoms with Crippen molar-refractivity contribution in [2.45, 2.75) is 23.8 Å². The van der Waals surface area contributed by atoms with Crippen LogP contribution in [0.3, 0.4) is 0 Å². The highest BCUT2D eigenvalue weighted by atomic mass is 35.5. The van der Waals surface area contributed by atoms with Crippen LogP contribution in [-0.2, 0) is 14.8 Å². The molecule has 0 aliphatic heterocycles. The van der Waals surface area contributed by atoms with E-state index < -0.39 is 33.0 Å². The summed E-state index contributed by atoms with van der Waals surface area (Å²) >= 11 is 5.86. The molecule has 0 bridgehead atoms.